The van der Waals surface area contributed by atoms with E-state index in [2.05, 4.69) is 37.2 Å². The summed E-state index contributed by atoms with van der Waals surface area (Å²) in [6.45, 7) is 0.944. The summed E-state index contributed by atoms with van der Waals surface area (Å²) in [4.78, 5) is 12.5. The van der Waals surface area contributed by atoms with Gasteiger partial charge in [-0.05, 0) is 54.5 Å². The first kappa shape index (κ1) is 23.1. The lowest BCUT2D eigenvalue weighted by atomic mass is 10.0. The molecule has 0 unspecified atom stereocenters. The average Bonchev–Trinajstić information content (AvgIpc) is 3.00. The molecular formula is C20H20Br2N2O5S. The van der Waals surface area contributed by atoms with Crippen LogP contribution in [0, 0.1) is 6.92 Å². The van der Waals surface area contributed by atoms with Crippen molar-refractivity contribution >= 4 is 65.1 Å². The van der Waals surface area contributed by atoms with Crippen LogP contribution < -0.4 is 5.32 Å². The topological polar surface area (TPSA) is 107 Å². The molecular weight excluding hydrogens is 540 g/mol. The van der Waals surface area contributed by atoms with E-state index in [-0.39, 0.29) is 37.1 Å². The summed E-state index contributed by atoms with van der Waals surface area (Å²) in [5, 5.41) is 21.1. The fourth-order valence-electron chi connectivity index (χ4n) is 3.11. The van der Waals surface area contributed by atoms with Gasteiger partial charge in [0.1, 0.15) is 0 Å². The van der Waals surface area contributed by atoms with Crippen LogP contribution in [0.5, 0.6) is 0 Å². The molecule has 0 fully saturated rings. The van der Waals surface area contributed by atoms with E-state index in [0.717, 1.165) is 24.4 Å². The molecule has 1 amide bonds. The Morgan fingerprint density at radius 2 is 1.67 bits per heavy atom. The van der Waals surface area contributed by atoms with Gasteiger partial charge in [0.2, 0.25) is 10.0 Å². The van der Waals surface area contributed by atoms with Crippen LogP contribution in [-0.4, -0.2) is 55.1 Å². The number of anilines is 1. The Bertz CT molecular complexity index is 1100. The van der Waals surface area contributed by atoms with Crippen LogP contribution in [0.15, 0.2) is 44.2 Å². The van der Waals surface area contributed by atoms with E-state index in [1.807, 2.05) is 19.1 Å². The minimum absolute atomic E-state index is 0.0168. The van der Waals surface area contributed by atoms with Crippen LogP contribution >= 0.6 is 31.9 Å². The highest BCUT2D eigenvalue weighted by Gasteiger charge is 2.29. The second-order valence-electron chi connectivity index (χ2n) is 6.68. The highest BCUT2D eigenvalue weighted by atomic mass is 79.9. The van der Waals surface area contributed by atoms with Crippen LogP contribution in [0.25, 0.3) is 11.6 Å². The zero-order chi connectivity index (χ0) is 22.1. The van der Waals surface area contributed by atoms with E-state index < -0.39 is 10.0 Å². The smallest absolute Gasteiger partial charge is 0.256 e. The van der Waals surface area contributed by atoms with E-state index in [9.17, 15) is 23.4 Å². The van der Waals surface area contributed by atoms with Crippen molar-refractivity contribution < 1.29 is 23.4 Å². The van der Waals surface area contributed by atoms with Gasteiger partial charge < -0.3 is 15.5 Å². The number of carbonyl (C=O) groups excluding carboxylic acids is 1. The molecule has 10 heteroatoms. The van der Waals surface area contributed by atoms with Gasteiger partial charge in [0, 0.05) is 38.9 Å². The Kier molecular flexibility index (Phi) is 7.16. The molecule has 1 aliphatic heterocycles. The van der Waals surface area contributed by atoms with Crippen LogP contribution in [-0.2, 0) is 14.8 Å². The zero-order valence-corrected chi connectivity index (χ0v) is 20.0. The van der Waals surface area contributed by atoms with Crippen molar-refractivity contribution in [1.29, 1.82) is 0 Å². The molecule has 0 radical (unpaired) electrons. The molecule has 1 aliphatic rings. The van der Waals surface area contributed by atoms with Crippen molar-refractivity contribution in [2.75, 3.05) is 31.6 Å². The lowest BCUT2D eigenvalue weighted by Crippen LogP contribution is -2.35. The van der Waals surface area contributed by atoms with Crippen molar-refractivity contribution in [3.05, 3.63) is 56.0 Å². The summed E-state index contributed by atoms with van der Waals surface area (Å²) in [7, 11) is -3.95. The molecule has 0 saturated heterocycles. The third-order valence-corrected chi connectivity index (χ3v) is 8.27. The van der Waals surface area contributed by atoms with Gasteiger partial charge in [-0.3, -0.25) is 4.79 Å². The summed E-state index contributed by atoms with van der Waals surface area (Å²) in [5.74, 6) is -0.324. The number of nitrogens with zero attached hydrogens (tertiary/aromatic N) is 1. The van der Waals surface area contributed by atoms with Gasteiger partial charge in [-0.15, -0.1) is 0 Å². The molecule has 0 bridgehead atoms. The van der Waals surface area contributed by atoms with Gasteiger partial charge in [0.15, 0.2) is 0 Å². The van der Waals surface area contributed by atoms with Crippen molar-refractivity contribution in [3.8, 4) is 0 Å². The van der Waals surface area contributed by atoms with Gasteiger partial charge in [-0.2, -0.15) is 4.31 Å². The van der Waals surface area contributed by atoms with Gasteiger partial charge in [0.05, 0.1) is 18.1 Å². The second kappa shape index (κ2) is 9.29. The Morgan fingerprint density at radius 1 is 1.07 bits per heavy atom. The van der Waals surface area contributed by atoms with Crippen molar-refractivity contribution in [2.24, 2.45) is 0 Å². The minimum Gasteiger partial charge on any atom is -0.395 e. The van der Waals surface area contributed by atoms with E-state index >= 15 is 0 Å². The van der Waals surface area contributed by atoms with Crippen LogP contribution in [0.4, 0.5) is 5.69 Å². The average molecular weight is 560 g/mol. The van der Waals surface area contributed by atoms with Gasteiger partial charge >= 0.3 is 0 Å². The molecule has 0 aliphatic carbocycles. The zero-order valence-electron chi connectivity index (χ0n) is 16.0. The molecule has 0 aromatic heterocycles. The molecule has 2 aromatic carbocycles. The highest BCUT2D eigenvalue weighted by Crippen LogP contribution is 2.36. The van der Waals surface area contributed by atoms with Crippen molar-refractivity contribution in [3.63, 3.8) is 0 Å². The highest BCUT2D eigenvalue weighted by molar-refractivity contribution is 9.11. The molecule has 3 N–H and O–H groups in total. The lowest BCUT2D eigenvalue weighted by Gasteiger charge is -2.20. The number of sulfonamides is 1. The van der Waals surface area contributed by atoms with E-state index in [0.29, 0.717) is 16.8 Å². The molecule has 30 heavy (non-hydrogen) atoms. The SMILES string of the molecule is Cc1c(Br)cc(/C=C2\C(=O)Nc3ccc(S(=O)(=O)N(CCO)CCO)cc32)cc1Br. The molecule has 2 aromatic rings. The Hall–Kier alpha value is -1.56. The van der Waals surface area contributed by atoms with Crippen molar-refractivity contribution in [1.82, 2.24) is 4.31 Å². The molecule has 7 nitrogen and oxygen atoms in total. The maximum atomic E-state index is 13.0. The first-order valence-corrected chi connectivity index (χ1v) is 12.1. The summed E-state index contributed by atoms with van der Waals surface area (Å²) >= 11 is 6.98. The molecule has 0 saturated carbocycles. The monoisotopic (exact) mass is 558 g/mol. The Balaban J connectivity index is 2.07. The lowest BCUT2D eigenvalue weighted by molar-refractivity contribution is -0.110. The van der Waals surface area contributed by atoms with Gasteiger partial charge in [0.25, 0.3) is 5.91 Å². The molecule has 1 heterocycles. The number of hydrogen-bond acceptors (Lipinski definition) is 5. The number of benzene rings is 2. The number of aliphatic hydroxyl groups excluding tert-OH is 2. The maximum Gasteiger partial charge on any atom is 0.256 e. The molecule has 160 valence electrons. The number of amides is 1. The fourth-order valence-corrected chi connectivity index (χ4v) is 5.78. The fraction of sp³-hybridized carbons (Fsp3) is 0.250. The molecule has 0 spiro atoms. The number of hydrogen-bond donors (Lipinski definition) is 3. The standard InChI is InChI=1S/C20H20Br2N2O5S/c1-12-17(21)9-13(10-18(12)22)8-16-15-11-14(2-3-19(15)23-20(16)27)30(28,29)24(4-6-25)5-7-26/h2-3,8-11,25-26H,4-7H2,1H3,(H,23,27)/b16-8-. The predicted octanol–water partition coefficient (Wildman–Crippen LogP) is 2.99. The van der Waals surface area contributed by atoms with Crippen molar-refractivity contribution in [2.45, 2.75) is 11.8 Å². The number of rotatable bonds is 7. The third kappa shape index (κ3) is 4.53. The number of carbonyl (C=O) groups is 1. The van der Waals surface area contributed by atoms with Crippen LogP contribution in [0.2, 0.25) is 0 Å². The minimum atomic E-state index is -3.95. The first-order chi connectivity index (χ1) is 14.2. The van der Waals surface area contributed by atoms with Gasteiger partial charge in [-0.1, -0.05) is 31.9 Å². The normalized spacial score (nSPS) is 15.0. The number of nitrogens with one attached hydrogen (secondary N) is 1. The maximum absolute atomic E-state index is 13.0. The largest absolute Gasteiger partial charge is 0.395 e. The number of aliphatic hydroxyl groups is 2. The van der Waals surface area contributed by atoms with Gasteiger partial charge in [-0.25, -0.2) is 8.42 Å². The van der Waals surface area contributed by atoms with E-state index in [1.54, 1.807) is 6.08 Å². The quantitative estimate of drug-likeness (QED) is 0.452. The number of fused-ring (bicyclic) bond motifs is 1. The molecule has 3 rings (SSSR count). The van der Waals surface area contributed by atoms with Crippen LogP contribution in [0.3, 0.4) is 0 Å². The third-order valence-electron chi connectivity index (χ3n) is 4.72. The van der Waals surface area contributed by atoms with Crippen LogP contribution in [0.1, 0.15) is 16.7 Å². The predicted molar refractivity (Wildman–Crippen MR) is 122 cm³/mol. The second-order valence-corrected chi connectivity index (χ2v) is 10.3. The van der Waals surface area contributed by atoms with E-state index in [4.69, 9.17) is 0 Å². The summed E-state index contributed by atoms with van der Waals surface area (Å²) < 4.78 is 28.7. The summed E-state index contributed by atoms with van der Waals surface area (Å²) in [6, 6.07) is 8.14. The summed E-state index contributed by atoms with van der Waals surface area (Å²) in [5.41, 5.74) is 3.14. The Labute approximate surface area is 191 Å². The van der Waals surface area contributed by atoms with E-state index in [1.165, 1.54) is 18.2 Å². The Morgan fingerprint density at radius 3 is 2.23 bits per heavy atom. The first-order valence-electron chi connectivity index (χ1n) is 9.04. The molecule has 0 atom stereocenters. The number of halogens is 2. The summed E-state index contributed by atoms with van der Waals surface area (Å²) in [6.07, 6.45) is 1.70.